The Labute approximate surface area is 359 Å². The van der Waals surface area contributed by atoms with E-state index in [-0.39, 0.29) is 72.7 Å². The first-order valence-corrected chi connectivity index (χ1v) is 26.8. The van der Waals surface area contributed by atoms with E-state index in [1.165, 1.54) is 4.90 Å². The molecule has 7 rings (SSSR count). The summed E-state index contributed by atoms with van der Waals surface area (Å²) in [6, 6.07) is 10.8. The van der Waals surface area contributed by atoms with Crippen LogP contribution in [-0.2, 0) is 32.8 Å². The van der Waals surface area contributed by atoms with Crippen molar-refractivity contribution in [2.75, 3.05) is 12.4 Å². The zero-order chi connectivity index (χ0) is 41.9. The van der Waals surface area contributed by atoms with Crippen molar-refractivity contribution in [1.29, 1.82) is 0 Å². The van der Waals surface area contributed by atoms with Gasteiger partial charge < -0.3 is 32.8 Å². The molecule has 330 valence electrons. The molecule has 7 nitrogen and oxygen atoms in total. The molecule has 0 bridgehead atoms. The van der Waals surface area contributed by atoms with Gasteiger partial charge >= 0.3 is 0 Å². The molecular weight excluding hydrogens is 761 g/mol. The fourth-order valence-corrected chi connectivity index (χ4v) is 19.6. The van der Waals surface area contributed by atoms with Gasteiger partial charge in [-0.3, -0.25) is 0 Å². The van der Waals surface area contributed by atoms with Crippen molar-refractivity contribution in [3.8, 4) is 0 Å². The summed E-state index contributed by atoms with van der Waals surface area (Å²) in [6.45, 7) is 34.1. The van der Waals surface area contributed by atoms with E-state index in [1.807, 2.05) is 11.8 Å². The number of thioether (sulfide) groups is 1. The van der Waals surface area contributed by atoms with E-state index in [0.29, 0.717) is 40.3 Å². The number of hydrogen-bond acceptors (Lipinski definition) is 8. The maximum Gasteiger partial charge on any atom is 0.200 e. The highest BCUT2D eigenvalue weighted by atomic mass is 32.2. The summed E-state index contributed by atoms with van der Waals surface area (Å²) in [5.41, 5.74) is 1.02. The average Bonchev–Trinajstić information content (AvgIpc) is 3.51. The second-order valence-electron chi connectivity index (χ2n) is 21.5. The van der Waals surface area contributed by atoms with Crippen molar-refractivity contribution < 1.29 is 32.8 Å². The van der Waals surface area contributed by atoms with Crippen LogP contribution in [0, 0.1) is 41.4 Å². The van der Waals surface area contributed by atoms with Crippen molar-refractivity contribution in [2.24, 2.45) is 41.4 Å². The third-order valence-electron chi connectivity index (χ3n) is 16.8. The van der Waals surface area contributed by atoms with Gasteiger partial charge in [-0.05, 0) is 96.2 Å². The van der Waals surface area contributed by atoms with E-state index in [9.17, 15) is 0 Å². The Balaban J connectivity index is 1.14. The Morgan fingerprint density at radius 3 is 1.91 bits per heavy atom. The summed E-state index contributed by atoms with van der Waals surface area (Å²) in [6.07, 6.45) is 5.41. The molecule has 1 spiro atoms. The first-order chi connectivity index (χ1) is 27.4. The molecule has 6 fully saturated rings. The van der Waals surface area contributed by atoms with Gasteiger partial charge in [0.05, 0.1) is 67.1 Å². The number of rotatable bonds is 10. The van der Waals surface area contributed by atoms with Gasteiger partial charge in [-0.15, -0.1) is 11.8 Å². The monoisotopic (exact) mass is 843 g/mol. The van der Waals surface area contributed by atoms with Gasteiger partial charge in [0, 0.05) is 30.1 Å². The van der Waals surface area contributed by atoms with E-state index >= 15 is 0 Å². The van der Waals surface area contributed by atoms with E-state index < -0.39 is 19.7 Å². The first-order valence-electron chi connectivity index (χ1n) is 23.7. The second-order valence-corrected chi connectivity index (χ2v) is 28.1. The highest BCUT2D eigenvalue weighted by molar-refractivity contribution is 7.99. The molecule has 58 heavy (non-hydrogen) atoms. The zero-order valence-corrected chi connectivity index (χ0v) is 40.6. The van der Waals surface area contributed by atoms with Gasteiger partial charge in [0.2, 0.25) is 8.32 Å². The van der Waals surface area contributed by atoms with Crippen LogP contribution >= 0.6 is 11.8 Å². The lowest BCUT2D eigenvalue weighted by molar-refractivity contribution is -0.335. The van der Waals surface area contributed by atoms with Gasteiger partial charge in [-0.2, -0.15) is 0 Å². The quantitative estimate of drug-likeness (QED) is 0.170. The van der Waals surface area contributed by atoms with E-state index in [2.05, 4.69) is 127 Å². The Hall–Kier alpha value is -0.493. The van der Waals surface area contributed by atoms with Gasteiger partial charge in [0.15, 0.2) is 5.79 Å². The van der Waals surface area contributed by atoms with E-state index in [1.54, 1.807) is 0 Å². The molecule has 0 aromatic heterocycles. The topological polar surface area (TPSA) is 64.6 Å². The minimum atomic E-state index is -2.25. The SMILES string of the molecule is CC(C)[Si](O[C@@H]1C[C@@H]2O[C@@H]3C[C@@H]4O[C@@H]5[C@@H](C)[C@H](C)[C@@]6(C[C@H](C)CO6)O[C@H]5[C@@H](C)[C@H](C)[C@H]4O[C@H]3C[C@@H](C)C[C@H]2O[C@@]1(C)[C@H](C)CCSc1ccccc1)(C(C)C)C(C)C. The van der Waals surface area contributed by atoms with Crippen molar-refractivity contribution in [1.82, 2.24) is 0 Å². The molecule has 6 aliphatic rings. The average molecular weight is 843 g/mol. The smallest absolute Gasteiger partial charge is 0.200 e. The molecule has 0 radical (unpaired) electrons. The fraction of sp³-hybridized carbons (Fsp3) is 0.878. The summed E-state index contributed by atoms with van der Waals surface area (Å²) >= 11 is 1.95. The molecular formula is C49H82O7SSi. The molecule has 1 aromatic rings. The molecule has 6 heterocycles. The summed E-state index contributed by atoms with van der Waals surface area (Å²) in [5.74, 6) is 2.91. The van der Waals surface area contributed by atoms with Crippen LogP contribution in [0.5, 0.6) is 0 Å². The van der Waals surface area contributed by atoms with Crippen molar-refractivity contribution >= 4 is 20.1 Å². The standard InChI is InChI=1S/C49H82O7SSi/c1-28(2)58(29(3)4,30(5)6)56-44-25-41-42(54-48(44,14)33(9)20-21-57-38-18-16-15-17-19-38)23-31(7)22-39-40(51-41)24-43-45(52-39)34(10)35(11)47-46(53-43)36(12)37(13)49(55-47)26-32(8)27-50-49/h15-19,28-37,39-47H,20-27H2,1-14H3/t31-,32+,33-,34+,35+,36+,37+,39+,40-,41+,42-,43+,44-,45-,46-,47+,48+,49-/m1/s1. The maximum atomic E-state index is 7.85. The van der Waals surface area contributed by atoms with Crippen LogP contribution < -0.4 is 0 Å². The van der Waals surface area contributed by atoms with Crippen molar-refractivity contribution in [3.05, 3.63) is 30.3 Å². The molecule has 6 aliphatic heterocycles. The molecule has 0 unspecified atom stereocenters. The largest absolute Gasteiger partial charge is 0.410 e. The van der Waals surface area contributed by atoms with Crippen LogP contribution in [0.2, 0.25) is 16.6 Å². The highest BCUT2D eigenvalue weighted by Crippen LogP contribution is 2.54. The van der Waals surface area contributed by atoms with Crippen LogP contribution in [0.4, 0.5) is 0 Å². The van der Waals surface area contributed by atoms with Gasteiger partial charge in [-0.25, -0.2) is 0 Å². The molecule has 9 heteroatoms. The second kappa shape index (κ2) is 17.9. The minimum Gasteiger partial charge on any atom is -0.410 e. The third-order valence-corrected chi connectivity index (χ3v) is 24.0. The molecule has 0 amide bonds. The number of fused-ring (bicyclic) bond motifs is 4. The molecule has 1 aromatic carbocycles. The molecule has 0 aliphatic carbocycles. The number of hydrogen-bond donors (Lipinski definition) is 0. The van der Waals surface area contributed by atoms with Crippen molar-refractivity contribution in [2.45, 2.75) is 223 Å². The Morgan fingerprint density at radius 2 is 1.28 bits per heavy atom. The normalized spacial score (nSPS) is 45.2. The molecule has 0 saturated carbocycles. The highest BCUT2D eigenvalue weighted by Gasteiger charge is 2.61. The maximum absolute atomic E-state index is 7.85. The van der Waals surface area contributed by atoms with E-state index in [4.69, 9.17) is 32.8 Å². The van der Waals surface area contributed by atoms with Crippen LogP contribution in [0.1, 0.15) is 135 Å². The predicted molar refractivity (Wildman–Crippen MR) is 238 cm³/mol. The first kappa shape index (κ1) is 45.5. The third kappa shape index (κ3) is 8.47. The van der Waals surface area contributed by atoms with Crippen LogP contribution in [-0.4, -0.2) is 87.0 Å². The minimum absolute atomic E-state index is 0.00433. The lowest BCUT2D eigenvalue weighted by Gasteiger charge is -2.57. The van der Waals surface area contributed by atoms with Crippen molar-refractivity contribution in [3.63, 3.8) is 0 Å². The number of ether oxygens (including phenoxy) is 6. The Bertz CT molecular complexity index is 1470. The zero-order valence-electron chi connectivity index (χ0n) is 38.8. The summed E-state index contributed by atoms with van der Waals surface area (Å²) in [4.78, 5) is 1.33. The van der Waals surface area contributed by atoms with Gasteiger partial charge in [-0.1, -0.05) is 108 Å². The Morgan fingerprint density at radius 1 is 0.672 bits per heavy atom. The lowest BCUT2D eigenvalue weighted by Crippen LogP contribution is -2.65. The lowest BCUT2D eigenvalue weighted by atomic mass is 9.73. The fourth-order valence-electron chi connectivity index (χ4n) is 12.9. The van der Waals surface area contributed by atoms with Crippen LogP contribution in [0.25, 0.3) is 0 Å². The summed E-state index contributed by atoms with van der Waals surface area (Å²) < 4.78 is 51.2. The number of benzene rings is 1. The van der Waals surface area contributed by atoms with Crippen LogP contribution in [0.3, 0.4) is 0 Å². The van der Waals surface area contributed by atoms with Gasteiger partial charge in [0.1, 0.15) is 0 Å². The molecule has 18 atom stereocenters. The van der Waals surface area contributed by atoms with Crippen LogP contribution in [0.15, 0.2) is 35.2 Å². The summed E-state index contributed by atoms with van der Waals surface area (Å²) in [5, 5.41) is 0. The molecule has 0 N–H and O–H groups in total. The summed E-state index contributed by atoms with van der Waals surface area (Å²) in [7, 11) is -2.25. The van der Waals surface area contributed by atoms with Gasteiger partial charge in [0.25, 0.3) is 0 Å². The Kier molecular flexibility index (Phi) is 14.1. The predicted octanol–water partition coefficient (Wildman–Crippen LogP) is 11.7. The molecule has 6 saturated heterocycles. The van der Waals surface area contributed by atoms with E-state index in [0.717, 1.165) is 50.9 Å².